The second-order valence-electron chi connectivity index (χ2n) is 3.19. The molecular formula is C10H8N4S. The van der Waals surface area contributed by atoms with E-state index in [1.165, 1.54) is 0 Å². The monoisotopic (exact) mass is 216 g/mol. The minimum Gasteiger partial charge on any atom is -0.397 e. The van der Waals surface area contributed by atoms with Gasteiger partial charge < -0.3 is 10.7 Å². The standard InChI is InChI=1S/C10H8N4S/c11-6-2-1-3-7-9(6)14-10(13-7)8-4-12-5-15-8/h1-5H,11H2,(H,13,14). The first kappa shape index (κ1) is 8.43. The Morgan fingerprint density at radius 1 is 1.33 bits per heavy atom. The van der Waals surface area contributed by atoms with Gasteiger partial charge in [-0.05, 0) is 12.1 Å². The number of nitrogens with one attached hydrogen (secondary N) is 1. The number of hydrogen-bond acceptors (Lipinski definition) is 4. The molecule has 0 bridgehead atoms. The van der Waals surface area contributed by atoms with Gasteiger partial charge in [0.2, 0.25) is 0 Å². The van der Waals surface area contributed by atoms with E-state index < -0.39 is 0 Å². The van der Waals surface area contributed by atoms with Gasteiger partial charge in [0.1, 0.15) is 11.3 Å². The van der Waals surface area contributed by atoms with Gasteiger partial charge in [0.25, 0.3) is 0 Å². The molecule has 0 saturated carbocycles. The van der Waals surface area contributed by atoms with Gasteiger partial charge in [-0.15, -0.1) is 11.3 Å². The summed E-state index contributed by atoms with van der Waals surface area (Å²) in [5, 5.41) is 0. The van der Waals surface area contributed by atoms with Crippen molar-refractivity contribution in [2.75, 3.05) is 5.73 Å². The van der Waals surface area contributed by atoms with Gasteiger partial charge in [-0.25, -0.2) is 4.98 Å². The molecule has 0 aliphatic rings. The summed E-state index contributed by atoms with van der Waals surface area (Å²) in [5.41, 5.74) is 10.1. The minimum atomic E-state index is 0.694. The number of hydrogen-bond donors (Lipinski definition) is 2. The maximum Gasteiger partial charge on any atom is 0.150 e. The van der Waals surface area contributed by atoms with Crippen molar-refractivity contribution in [3.05, 3.63) is 29.9 Å². The fraction of sp³-hybridized carbons (Fsp3) is 0. The van der Waals surface area contributed by atoms with Crippen molar-refractivity contribution in [1.82, 2.24) is 15.0 Å². The van der Waals surface area contributed by atoms with E-state index >= 15 is 0 Å². The van der Waals surface area contributed by atoms with Gasteiger partial charge in [-0.1, -0.05) is 6.07 Å². The average molecular weight is 216 g/mol. The number of fused-ring (bicyclic) bond motifs is 1. The van der Waals surface area contributed by atoms with Gasteiger partial charge in [0, 0.05) is 6.20 Å². The van der Waals surface area contributed by atoms with Crippen LogP contribution in [-0.4, -0.2) is 15.0 Å². The molecule has 3 aromatic rings. The van der Waals surface area contributed by atoms with Crippen LogP contribution < -0.4 is 5.73 Å². The van der Waals surface area contributed by atoms with E-state index in [2.05, 4.69) is 15.0 Å². The van der Waals surface area contributed by atoms with Crippen molar-refractivity contribution < 1.29 is 0 Å². The van der Waals surface area contributed by atoms with Crippen molar-refractivity contribution in [2.24, 2.45) is 0 Å². The largest absolute Gasteiger partial charge is 0.397 e. The number of rotatable bonds is 1. The first-order chi connectivity index (χ1) is 7.34. The summed E-state index contributed by atoms with van der Waals surface area (Å²) in [5.74, 6) is 0.824. The average Bonchev–Trinajstić information content (AvgIpc) is 2.86. The van der Waals surface area contributed by atoms with Gasteiger partial charge in [0.05, 0.1) is 21.6 Å². The van der Waals surface area contributed by atoms with Crippen LogP contribution in [0.2, 0.25) is 0 Å². The highest BCUT2D eigenvalue weighted by atomic mass is 32.1. The lowest BCUT2D eigenvalue weighted by molar-refractivity contribution is 1.34. The quantitative estimate of drug-likeness (QED) is 0.613. The van der Waals surface area contributed by atoms with E-state index in [1.807, 2.05) is 18.2 Å². The number of nitrogens with zero attached hydrogens (tertiary/aromatic N) is 2. The normalized spacial score (nSPS) is 10.9. The van der Waals surface area contributed by atoms with Crippen LogP contribution in [0.15, 0.2) is 29.9 Å². The number of benzene rings is 1. The predicted molar refractivity (Wildman–Crippen MR) is 61.6 cm³/mol. The van der Waals surface area contributed by atoms with E-state index in [9.17, 15) is 0 Å². The zero-order chi connectivity index (χ0) is 10.3. The van der Waals surface area contributed by atoms with Crippen molar-refractivity contribution in [1.29, 1.82) is 0 Å². The van der Waals surface area contributed by atoms with Crippen molar-refractivity contribution >= 4 is 28.1 Å². The predicted octanol–water partition coefficient (Wildman–Crippen LogP) is 2.27. The smallest absolute Gasteiger partial charge is 0.150 e. The zero-order valence-corrected chi connectivity index (χ0v) is 8.58. The molecule has 3 rings (SSSR count). The summed E-state index contributed by atoms with van der Waals surface area (Å²) < 4.78 is 0. The lowest BCUT2D eigenvalue weighted by atomic mass is 10.3. The van der Waals surface area contributed by atoms with Gasteiger partial charge in [-0.3, -0.25) is 4.98 Å². The van der Waals surface area contributed by atoms with Gasteiger partial charge in [-0.2, -0.15) is 0 Å². The van der Waals surface area contributed by atoms with E-state index in [4.69, 9.17) is 5.73 Å². The summed E-state index contributed by atoms with van der Waals surface area (Å²) in [6, 6.07) is 5.72. The lowest BCUT2D eigenvalue weighted by Crippen LogP contribution is -1.84. The second-order valence-corrected chi connectivity index (χ2v) is 4.08. The molecule has 0 spiro atoms. The Bertz CT molecular complexity index is 597. The Morgan fingerprint density at radius 2 is 2.27 bits per heavy atom. The zero-order valence-electron chi connectivity index (χ0n) is 7.77. The summed E-state index contributed by atoms with van der Waals surface area (Å²) in [6.45, 7) is 0. The van der Waals surface area contributed by atoms with Crippen LogP contribution in [-0.2, 0) is 0 Å². The number of aromatic nitrogens is 3. The summed E-state index contributed by atoms with van der Waals surface area (Å²) in [7, 11) is 0. The van der Waals surface area contributed by atoms with Crippen LogP contribution in [0.1, 0.15) is 0 Å². The fourth-order valence-corrected chi connectivity index (χ4v) is 2.07. The Morgan fingerprint density at radius 3 is 3.00 bits per heavy atom. The van der Waals surface area contributed by atoms with Crippen LogP contribution in [0, 0.1) is 0 Å². The molecule has 1 aromatic carbocycles. The first-order valence-electron chi connectivity index (χ1n) is 4.47. The molecule has 3 N–H and O–H groups in total. The molecule has 0 radical (unpaired) electrons. The number of thiazole rings is 1. The topological polar surface area (TPSA) is 67.6 Å². The molecule has 0 fully saturated rings. The number of H-pyrrole nitrogens is 1. The molecule has 0 saturated heterocycles. The molecule has 15 heavy (non-hydrogen) atoms. The van der Waals surface area contributed by atoms with E-state index in [0.29, 0.717) is 5.69 Å². The molecule has 0 aliphatic carbocycles. The van der Waals surface area contributed by atoms with Crippen LogP contribution >= 0.6 is 11.3 Å². The SMILES string of the molecule is Nc1cccc2[nH]c(-c3cncs3)nc12. The molecule has 2 aromatic heterocycles. The third-order valence-electron chi connectivity index (χ3n) is 2.21. The molecular weight excluding hydrogens is 208 g/mol. The number of para-hydroxylation sites is 1. The number of nitrogens with two attached hydrogens (primary N) is 1. The highest BCUT2D eigenvalue weighted by molar-refractivity contribution is 7.13. The van der Waals surface area contributed by atoms with Crippen molar-refractivity contribution in [2.45, 2.75) is 0 Å². The third kappa shape index (κ3) is 1.28. The molecule has 74 valence electrons. The molecule has 0 unspecified atom stereocenters. The summed E-state index contributed by atoms with van der Waals surface area (Å²) in [4.78, 5) is 12.7. The Kier molecular flexibility index (Phi) is 1.72. The van der Waals surface area contributed by atoms with Crippen LogP contribution in [0.3, 0.4) is 0 Å². The summed E-state index contributed by atoms with van der Waals surface area (Å²) >= 11 is 1.55. The first-order valence-corrected chi connectivity index (χ1v) is 5.35. The van der Waals surface area contributed by atoms with Crippen molar-refractivity contribution in [3.8, 4) is 10.7 Å². The maximum atomic E-state index is 5.83. The Hall–Kier alpha value is -1.88. The number of anilines is 1. The second kappa shape index (κ2) is 3.06. The van der Waals surface area contributed by atoms with Crippen LogP contribution in [0.5, 0.6) is 0 Å². The Balaban J connectivity index is 2.27. The number of aromatic amines is 1. The fourth-order valence-electron chi connectivity index (χ4n) is 1.50. The van der Waals surface area contributed by atoms with Gasteiger partial charge >= 0.3 is 0 Å². The Labute approximate surface area is 89.8 Å². The third-order valence-corrected chi connectivity index (χ3v) is 2.99. The van der Waals surface area contributed by atoms with Crippen molar-refractivity contribution in [3.63, 3.8) is 0 Å². The molecule has 0 atom stereocenters. The lowest BCUT2D eigenvalue weighted by Gasteiger charge is -1.90. The molecule has 5 heteroatoms. The highest BCUT2D eigenvalue weighted by Crippen LogP contribution is 2.25. The maximum absolute atomic E-state index is 5.83. The van der Waals surface area contributed by atoms with Crippen LogP contribution in [0.25, 0.3) is 21.7 Å². The molecule has 4 nitrogen and oxygen atoms in total. The number of nitrogen functional groups attached to an aromatic ring is 1. The molecule has 2 heterocycles. The van der Waals surface area contributed by atoms with E-state index in [1.54, 1.807) is 23.0 Å². The number of imidazole rings is 1. The summed E-state index contributed by atoms with van der Waals surface area (Å²) in [6.07, 6.45) is 1.79. The van der Waals surface area contributed by atoms with E-state index in [-0.39, 0.29) is 0 Å². The van der Waals surface area contributed by atoms with Gasteiger partial charge in [0.15, 0.2) is 0 Å². The molecule has 0 aliphatic heterocycles. The highest BCUT2D eigenvalue weighted by Gasteiger charge is 2.07. The van der Waals surface area contributed by atoms with Crippen LogP contribution in [0.4, 0.5) is 5.69 Å². The minimum absolute atomic E-state index is 0.694. The molecule has 0 amide bonds. The van der Waals surface area contributed by atoms with E-state index in [0.717, 1.165) is 21.7 Å².